The van der Waals surface area contributed by atoms with Crippen molar-refractivity contribution in [3.8, 4) is 11.5 Å². The van der Waals surface area contributed by atoms with E-state index in [-0.39, 0.29) is 16.3 Å². The molecule has 0 aliphatic heterocycles. The van der Waals surface area contributed by atoms with Crippen LogP contribution in [0.4, 0.5) is 5.69 Å². The van der Waals surface area contributed by atoms with Crippen LogP contribution in [0, 0.1) is 0 Å². The van der Waals surface area contributed by atoms with Gasteiger partial charge in [0.1, 0.15) is 10.6 Å². The van der Waals surface area contributed by atoms with Crippen LogP contribution in [-0.4, -0.2) is 29.2 Å². The van der Waals surface area contributed by atoms with Gasteiger partial charge >= 0.3 is 0 Å². The number of nitrogens with two attached hydrogens (primary N) is 1. The molecular weight excluding hydrogens is 256 g/mol. The average Bonchev–Trinajstić information content (AvgIpc) is 2.35. The first-order valence-electron chi connectivity index (χ1n) is 5.47. The predicted octanol–water partition coefficient (Wildman–Crippen LogP) is 0.974. The number of nitrogens with one attached hydrogen (secondary N) is 1. The molecule has 1 aromatic rings. The van der Waals surface area contributed by atoms with E-state index in [1.807, 2.05) is 6.92 Å². The van der Waals surface area contributed by atoms with E-state index in [0.717, 1.165) is 0 Å². The summed E-state index contributed by atoms with van der Waals surface area (Å²) in [5.74, 6) is 0.490. The van der Waals surface area contributed by atoms with Crippen molar-refractivity contribution in [3.05, 3.63) is 12.1 Å². The van der Waals surface area contributed by atoms with Crippen molar-refractivity contribution >= 4 is 15.7 Å². The topological polar surface area (TPSA) is 90.7 Å². The standard InChI is InChI=1S/C11H18N2O4S/c1-4-5-13-18(14,15)10-7-8(16-2)6-9(12)11(10)17-3/h6-7,13H,4-5,12H2,1-3H3. The molecule has 0 amide bonds. The van der Waals surface area contributed by atoms with Crippen molar-refractivity contribution < 1.29 is 17.9 Å². The Kier molecular flexibility index (Phi) is 4.80. The van der Waals surface area contributed by atoms with Crippen LogP contribution in [0.2, 0.25) is 0 Å². The highest BCUT2D eigenvalue weighted by Gasteiger charge is 2.22. The molecule has 0 spiro atoms. The third kappa shape index (κ3) is 3.05. The second-order valence-corrected chi connectivity index (χ2v) is 5.38. The summed E-state index contributed by atoms with van der Waals surface area (Å²) in [4.78, 5) is -0.0182. The van der Waals surface area contributed by atoms with Gasteiger partial charge in [-0.1, -0.05) is 6.92 Å². The molecular formula is C11H18N2O4S. The van der Waals surface area contributed by atoms with Crippen molar-refractivity contribution in [2.45, 2.75) is 18.2 Å². The SMILES string of the molecule is CCCNS(=O)(=O)c1cc(OC)cc(N)c1OC. The highest BCUT2D eigenvalue weighted by atomic mass is 32.2. The van der Waals surface area contributed by atoms with Crippen LogP contribution in [0.15, 0.2) is 17.0 Å². The number of rotatable bonds is 6. The molecule has 0 unspecified atom stereocenters. The zero-order chi connectivity index (χ0) is 13.8. The summed E-state index contributed by atoms with van der Waals surface area (Å²) in [7, 11) is -0.842. The molecule has 102 valence electrons. The number of ether oxygens (including phenoxy) is 2. The lowest BCUT2D eigenvalue weighted by Crippen LogP contribution is -2.25. The number of nitrogen functional groups attached to an aromatic ring is 1. The van der Waals surface area contributed by atoms with Crippen molar-refractivity contribution in [1.82, 2.24) is 4.72 Å². The number of anilines is 1. The van der Waals surface area contributed by atoms with Crippen LogP contribution in [0.25, 0.3) is 0 Å². The van der Waals surface area contributed by atoms with Gasteiger partial charge < -0.3 is 15.2 Å². The van der Waals surface area contributed by atoms with E-state index in [2.05, 4.69) is 4.72 Å². The minimum absolute atomic E-state index is 0.0182. The lowest BCUT2D eigenvalue weighted by Gasteiger charge is -2.14. The molecule has 0 aliphatic carbocycles. The molecule has 1 aromatic carbocycles. The third-order valence-electron chi connectivity index (χ3n) is 2.33. The van der Waals surface area contributed by atoms with Gasteiger partial charge in [0.15, 0.2) is 5.75 Å². The molecule has 0 heterocycles. The van der Waals surface area contributed by atoms with E-state index in [1.54, 1.807) is 0 Å². The first kappa shape index (κ1) is 14.6. The lowest BCUT2D eigenvalue weighted by molar-refractivity contribution is 0.394. The van der Waals surface area contributed by atoms with E-state index in [4.69, 9.17) is 15.2 Å². The van der Waals surface area contributed by atoms with Gasteiger partial charge in [-0.05, 0) is 6.42 Å². The normalized spacial score (nSPS) is 11.3. The van der Waals surface area contributed by atoms with Crippen molar-refractivity contribution in [3.63, 3.8) is 0 Å². The van der Waals surface area contributed by atoms with Crippen LogP contribution in [0.5, 0.6) is 11.5 Å². The Balaban J connectivity index is 3.33. The van der Waals surface area contributed by atoms with E-state index < -0.39 is 10.0 Å². The average molecular weight is 274 g/mol. The van der Waals surface area contributed by atoms with Gasteiger partial charge in [-0.15, -0.1) is 0 Å². The minimum atomic E-state index is -3.66. The second-order valence-electron chi connectivity index (χ2n) is 3.65. The van der Waals surface area contributed by atoms with Crippen LogP contribution >= 0.6 is 0 Å². The Hall–Kier alpha value is -1.47. The van der Waals surface area contributed by atoms with Gasteiger partial charge in [0.25, 0.3) is 0 Å². The summed E-state index contributed by atoms with van der Waals surface area (Å²) in [5.41, 5.74) is 5.95. The molecule has 0 fully saturated rings. The summed E-state index contributed by atoms with van der Waals surface area (Å²) in [6.07, 6.45) is 0.695. The maximum absolute atomic E-state index is 12.1. The van der Waals surface area contributed by atoms with Crippen molar-refractivity contribution in [1.29, 1.82) is 0 Å². The maximum atomic E-state index is 12.1. The van der Waals surface area contributed by atoms with Gasteiger partial charge in [0.05, 0.1) is 19.9 Å². The molecule has 18 heavy (non-hydrogen) atoms. The molecule has 7 heteroatoms. The number of benzene rings is 1. The number of hydrogen-bond donors (Lipinski definition) is 2. The fourth-order valence-corrected chi connectivity index (χ4v) is 2.79. The number of sulfonamides is 1. The van der Waals surface area contributed by atoms with Gasteiger partial charge in [-0.3, -0.25) is 0 Å². The molecule has 6 nitrogen and oxygen atoms in total. The van der Waals surface area contributed by atoms with Gasteiger partial charge in [0.2, 0.25) is 10.0 Å². The Morgan fingerprint density at radius 3 is 2.44 bits per heavy atom. The summed E-state index contributed by atoms with van der Waals surface area (Å²) < 4.78 is 36.7. The maximum Gasteiger partial charge on any atom is 0.244 e. The van der Waals surface area contributed by atoms with Crippen LogP contribution in [-0.2, 0) is 10.0 Å². The third-order valence-corrected chi connectivity index (χ3v) is 3.79. The Morgan fingerprint density at radius 2 is 1.94 bits per heavy atom. The van der Waals surface area contributed by atoms with Crippen LogP contribution in [0.3, 0.4) is 0 Å². The summed E-state index contributed by atoms with van der Waals surface area (Å²) in [6.45, 7) is 2.22. The first-order chi connectivity index (χ1) is 8.46. The molecule has 0 bridgehead atoms. The quantitative estimate of drug-likeness (QED) is 0.754. The van der Waals surface area contributed by atoms with Gasteiger partial charge in [0, 0.05) is 18.7 Å². The monoisotopic (exact) mass is 274 g/mol. The fourth-order valence-electron chi connectivity index (χ4n) is 1.45. The largest absolute Gasteiger partial charge is 0.497 e. The van der Waals surface area contributed by atoms with E-state index in [1.165, 1.54) is 26.4 Å². The van der Waals surface area contributed by atoms with Crippen LogP contribution in [0.1, 0.15) is 13.3 Å². The van der Waals surface area contributed by atoms with E-state index in [9.17, 15) is 8.42 Å². The molecule has 0 saturated carbocycles. The number of methoxy groups -OCH3 is 2. The van der Waals surface area contributed by atoms with Crippen molar-refractivity contribution in [2.75, 3.05) is 26.5 Å². The molecule has 0 aromatic heterocycles. The molecule has 0 radical (unpaired) electrons. The number of hydrogen-bond acceptors (Lipinski definition) is 5. The summed E-state index contributed by atoms with van der Waals surface area (Å²) >= 11 is 0. The Labute approximate surface area is 107 Å². The fraction of sp³-hybridized carbons (Fsp3) is 0.455. The zero-order valence-electron chi connectivity index (χ0n) is 10.7. The lowest BCUT2D eigenvalue weighted by atomic mass is 10.3. The smallest absolute Gasteiger partial charge is 0.244 e. The Bertz CT molecular complexity index is 514. The van der Waals surface area contributed by atoms with Crippen molar-refractivity contribution in [2.24, 2.45) is 0 Å². The molecule has 1 rings (SSSR count). The van der Waals surface area contributed by atoms with Gasteiger partial charge in [-0.25, -0.2) is 13.1 Å². The highest BCUT2D eigenvalue weighted by Crippen LogP contribution is 2.34. The first-order valence-corrected chi connectivity index (χ1v) is 6.95. The van der Waals surface area contributed by atoms with E-state index in [0.29, 0.717) is 18.7 Å². The molecule has 0 aliphatic rings. The van der Waals surface area contributed by atoms with Gasteiger partial charge in [-0.2, -0.15) is 0 Å². The molecule has 0 atom stereocenters. The van der Waals surface area contributed by atoms with Crippen LogP contribution < -0.4 is 19.9 Å². The highest BCUT2D eigenvalue weighted by molar-refractivity contribution is 7.89. The zero-order valence-corrected chi connectivity index (χ0v) is 11.5. The summed E-state index contributed by atoms with van der Waals surface area (Å²) in [5, 5.41) is 0. The predicted molar refractivity (Wildman–Crippen MR) is 69.4 cm³/mol. The van der Waals surface area contributed by atoms with E-state index >= 15 is 0 Å². The minimum Gasteiger partial charge on any atom is -0.497 e. The second kappa shape index (κ2) is 5.92. The molecule has 3 N–H and O–H groups in total. The summed E-state index contributed by atoms with van der Waals surface area (Å²) in [6, 6.07) is 2.89. The molecule has 0 saturated heterocycles. The Morgan fingerprint density at radius 1 is 1.28 bits per heavy atom.